The molecule has 0 saturated heterocycles. The van der Waals surface area contributed by atoms with E-state index in [0.29, 0.717) is 11.8 Å². The first-order valence-electron chi connectivity index (χ1n) is 5.85. The summed E-state index contributed by atoms with van der Waals surface area (Å²) in [7, 11) is -4.89. The van der Waals surface area contributed by atoms with Gasteiger partial charge in [-0.15, -0.1) is 0 Å². The topological polar surface area (TPSA) is 118 Å². The summed E-state index contributed by atoms with van der Waals surface area (Å²) >= 11 is 0. The smallest absolute Gasteiger partial charge is 0.341 e. The summed E-state index contributed by atoms with van der Waals surface area (Å²) < 4.78 is 47.7. The number of aromatic nitrogens is 2. The number of rotatable bonds is 6. The summed E-state index contributed by atoms with van der Waals surface area (Å²) in [6.07, 6.45) is 1.49. The molecule has 0 unspecified atom stereocenters. The second-order valence-corrected chi connectivity index (χ2v) is 6.09. The van der Waals surface area contributed by atoms with Crippen LogP contribution in [0.3, 0.4) is 0 Å². The lowest BCUT2D eigenvalue weighted by Crippen LogP contribution is -2.12. The monoisotopic (exact) mass is 332 g/mol. The van der Waals surface area contributed by atoms with Gasteiger partial charge in [0.05, 0.1) is 22.1 Å². The highest BCUT2D eigenvalue weighted by Gasteiger charge is 2.29. The zero-order chi connectivity index (χ0) is 16.3. The van der Waals surface area contributed by atoms with Crippen molar-refractivity contribution < 1.29 is 22.1 Å². The van der Waals surface area contributed by atoms with E-state index in [2.05, 4.69) is 15.5 Å². The van der Waals surface area contributed by atoms with E-state index >= 15 is 0 Å². The zero-order valence-electron chi connectivity index (χ0n) is 10.9. The van der Waals surface area contributed by atoms with Crippen molar-refractivity contribution in [2.24, 2.45) is 0 Å². The zero-order valence-corrected chi connectivity index (χ0v) is 11.7. The highest BCUT2D eigenvalue weighted by Crippen LogP contribution is 2.29. The third-order valence-electron chi connectivity index (χ3n) is 2.76. The molecule has 0 amide bonds. The van der Waals surface area contributed by atoms with Crippen molar-refractivity contribution in [3.8, 4) is 0 Å². The molecule has 0 atom stereocenters. The van der Waals surface area contributed by atoms with Gasteiger partial charge in [-0.3, -0.25) is 15.2 Å². The number of alkyl halides is 2. The Morgan fingerprint density at radius 3 is 2.64 bits per heavy atom. The standard InChI is InChI=1S/C11H10F2N4O4S/c12-11(13)22(20,21)8-1-2-9(10(5-8)17(18)19)14-6-7-3-4-15-16-7/h1-5,11,14H,6H2,(H,15,16). The third kappa shape index (κ3) is 3.19. The molecule has 0 radical (unpaired) electrons. The van der Waals surface area contributed by atoms with E-state index in [-0.39, 0.29) is 12.2 Å². The minimum atomic E-state index is -4.89. The van der Waals surface area contributed by atoms with Gasteiger partial charge >= 0.3 is 5.76 Å². The predicted molar refractivity (Wildman–Crippen MR) is 72.2 cm³/mol. The maximum Gasteiger partial charge on any atom is 0.341 e. The van der Waals surface area contributed by atoms with Gasteiger partial charge in [-0.2, -0.15) is 13.9 Å². The molecule has 22 heavy (non-hydrogen) atoms. The number of H-pyrrole nitrogens is 1. The third-order valence-corrected chi connectivity index (χ3v) is 4.14. The Hall–Kier alpha value is -2.56. The van der Waals surface area contributed by atoms with E-state index < -0.39 is 31.1 Å². The summed E-state index contributed by atoms with van der Waals surface area (Å²) in [6.45, 7) is 0.168. The summed E-state index contributed by atoms with van der Waals surface area (Å²) in [4.78, 5) is 9.34. The maximum absolute atomic E-state index is 12.5. The van der Waals surface area contributed by atoms with Gasteiger partial charge in [0.25, 0.3) is 5.69 Å². The number of nitro benzene ring substituents is 1. The van der Waals surface area contributed by atoms with Gasteiger partial charge in [-0.05, 0) is 18.2 Å². The SMILES string of the molecule is O=[N+]([O-])c1cc(S(=O)(=O)C(F)F)ccc1NCc1ccn[nH]1. The van der Waals surface area contributed by atoms with Gasteiger partial charge < -0.3 is 5.32 Å². The Kier molecular flexibility index (Phi) is 4.35. The van der Waals surface area contributed by atoms with Crippen molar-refractivity contribution in [1.29, 1.82) is 0 Å². The van der Waals surface area contributed by atoms with Crippen LogP contribution in [0.25, 0.3) is 0 Å². The molecule has 11 heteroatoms. The fourth-order valence-electron chi connectivity index (χ4n) is 1.67. The van der Waals surface area contributed by atoms with E-state index in [9.17, 15) is 27.3 Å². The van der Waals surface area contributed by atoms with Gasteiger partial charge in [0.1, 0.15) is 5.69 Å². The van der Waals surface area contributed by atoms with Crippen LogP contribution in [0.1, 0.15) is 5.69 Å². The van der Waals surface area contributed by atoms with Crippen molar-refractivity contribution in [2.75, 3.05) is 5.32 Å². The summed E-state index contributed by atoms with van der Waals surface area (Å²) in [5.74, 6) is -3.64. The van der Waals surface area contributed by atoms with Crippen LogP contribution in [0, 0.1) is 10.1 Å². The van der Waals surface area contributed by atoms with Crippen LogP contribution in [-0.2, 0) is 16.4 Å². The van der Waals surface area contributed by atoms with Crippen LogP contribution in [-0.4, -0.2) is 29.3 Å². The number of benzene rings is 1. The quantitative estimate of drug-likeness (QED) is 0.616. The molecule has 1 aromatic heterocycles. The molecule has 2 N–H and O–H groups in total. The summed E-state index contributed by atoms with van der Waals surface area (Å²) in [6, 6.07) is 4.21. The van der Waals surface area contributed by atoms with Crippen molar-refractivity contribution in [1.82, 2.24) is 10.2 Å². The number of halogens is 2. The summed E-state index contributed by atoms with van der Waals surface area (Å²) in [5, 5.41) is 20.0. The minimum Gasteiger partial charge on any atom is -0.374 e. The molecular formula is C11H10F2N4O4S. The molecule has 0 saturated carbocycles. The second-order valence-electron chi connectivity index (χ2n) is 4.18. The highest BCUT2D eigenvalue weighted by atomic mass is 32.2. The largest absolute Gasteiger partial charge is 0.374 e. The summed E-state index contributed by atoms with van der Waals surface area (Å²) in [5.41, 5.74) is 0.0348. The molecular weight excluding hydrogens is 322 g/mol. The number of hydrogen-bond donors (Lipinski definition) is 2. The Morgan fingerprint density at radius 2 is 2.09 bits per heavy atom. The van der Waals surface area contributed by atoms with Crippen molar-refractivity contribution in [3.63, 3.8) is 0 Å². The molecule has 2 rings (SSSR count). The van der Waals surface area contributed by atoms with Gasteiger partial charge in [0.15, 0.2) is 0 Å². The van der Waals surface area contributed by atoms with E-state index in [1.54, 1.807) is 6.07 Å². The normalized spacial score (nSPS) is 11.6. The molecule has 118 valence electrons. The first-order valence-corrected chi connectivity index (χ1v) is 7.39. The number of hydrogen-bond acceptors (Lipinski definition) is 6. The van der Waals surface area contributed by atoms with E-state index in [4.69, 9.17) is 0 Å². The molecule has 0 aliphatic heterocycles. The highest BCUT2D eigenvalue weighted by molar-refractivity contribution is 7.91. The number of sulfone groups is 1. The number of nitrogens with zero attached hydrogens (tertiary/aromatic N) is 2. The van der Waals surface area contributed by atoms with E-state index in [0.717, 1.165) is 12.1 Å². The Labute approximate surface area is 123 Å². The molecule has 0 spiro atoms. The molecule has 2 aromatic rings. The molecule has 0 bridgehead atoms. The van der Waals surface area contributed by atoms with Crippen molar-refractivity contribution in [3.05, 3.63) is 46.3 Å². The molecule has 1 heterocycles. The Bertz CT molecular complexity index is 777. The Morgan fingerprint density at radius 1 is 1.36 bits per heavy atom. The number of nitrogens with one attached hydrogen (secondary N) is 2. The second kappa shape index (κ2) is 6.05. The molecule has 8 nitrogen and oxygen atoms in total. The lowest BCUT2D eigenvalue weighted by atomic mass is 10.2. The van der Waals surface area contributed by atoms with Crippen LogP contribution in [0.5, 0.6) is 0 Å². The van der Waals surface area contributed by atoms with Crippen molar-refractivity contribution in [2.45, 2.75) is 17.2 Å². The van der Waals surface area contributed by atoms with Gasteiger partial charge in [-0.25, -0.2) is 8.42 Å². The lowest BCUT2D eigenvalue weighted by Gasteiger charge is -2.08. The molecule has 0 aliphatic rings. The fraction of sp³-hybridized carbons (Fsp3) is 0.182. The first kappa shape index (κ1) is 15.8. The van der Waals surface area contributed by atoms with E-state index in [1.165, 1.54) is 6.20 Å². The van der Waals surface area contributed by atoms with Crippen LogP contribution in [0.15, 0.2) is 35.4 Å². The van der Waals surface area contributed by atoms with Crippen molar-refractivity contribution >= 4 is 21.2 Å². The average Bonchev–Trinajstić information content (AvgIpc) is 2.97. The minimum absolute atomic E-state index is 0.00724. The average molecular weight is 332 g/mol. The fourth-order valence-corrected chi connectivity index (χ4v) is 2.40. The van der Waals surface area contributed by atoms with Crippen LogP contribution in [0.4, 0.5) is 20.2 Å². The van der Waals surface area contributed by atoms with Gasteiger partial charge in [0, 0.05) is 12.3 Å². The number of aromatic amines is 1. The molecule has 1 aromatic carbocycles. The van der Waals surface area contributed by atoms with Crippen LogP contribution < -0.4 is 5.32 Å². The van der Waals surface area contributed by atoms with Gasteiger partial charge in [-0.1, -0.05) is 0 Å². The lowest BCUT2D eigenvalue weighted by molar-refractivity contribution is -0.384. The maximum atomic E-state index is 12.5. The number of nitro groups is 1. The predicted octanol–water partition coefficient (Wildman–Crippen LogP) is 1.93. The van der Waals surface area contributed by atoms with Crippen LogP contribution >= 0.6 is 0 Å². The molecule has 0 aliphatic carbocycles. The first-order chi connectivity index (χ1) is 10.3. The van der Waals surface area contributed by atoms with Crippen LogP contribution in [0.2, 0.25) is 0 Å². The Balaban J connectivity index is 2.34. The number of anilines is 1. The van der Waals surface area contributed by atoms with Gasteiger partial charge in [0.2, 0.25) is 9.84 Å². The molecule has 0 fully saturated rings. The van der Waals surface area contributed by atoms with E-state index in [1.807, 2.05) is 0 Å².